The molecular weight excluding hydrogens is 428 g/mol. The Balaban J connectivity index is 1.31. The van der Waals surface area contributed by atoms with Gasteiger partial charge in [0.15, 0.2) is 0 Å². The summed E-state index contributed by atoms with van der Waals surface area (Å²) < 4.78 is 5.67. The molecule has 6 heteroatoms. The first kappa shape index (κ1) is 24.4. The van der Waals surface area contributed by atoms with Gasteiger partial charge in [0.25, 0.3) is 0 Å². The maximum atomic E-state index is 13.2. The number of hydrogen-bond acceptors (Lipinski definition) is 5. The van der Waals surface area contributed by atoms with Crippen molar-refractivity contribution in [3.8, 4) is 0 Å². The summed E-state index contributed by atoms with van der Waals surface area (Å²) in [5.41, 5.74) is 2.35. The summed E-state index contributed by atoms with van der Waals surface area (Å²) in [6, 6.07) is 19.6. The van der Waals surface area contributed by atoms with E-state index in [1.807, 2.05) is 55.5 Å². The summed E-state index contributed by atoms with van der Waals surface area (Å²) in [7, 11) is 0. The van der Waals surface area contributed by atoms with E-state index in [1.54, 1.807) is 5.06 Å². The van der Waals surface area contributed by atoms with Crippen molar-refractivity contribution in [2.75, 3.05) is 6.61 Å². The highest BCUT2D eigenvalue weighted by Crippen LogP contribution is 2.44. The summed E-state index contributed by atoms with van der Waals surface area (Å²) in [5, 5.41) is 4.54. The topological polar surface area (TPSA) is 70.9 Å². The fraction of sp³-hybridized carbons (Fsp3) is 0.500. The van der Waals surface area contributed by atoms with Gasteiger partial charge in [-0.2, -0.15) is 0 Å². The van der Waals surface area contributed by atoms with E-state index in [1.165, 1.54) is 5.56 Å². The van der Waals surface area contributed by atoms with Crippen LogP contribution < -0.4 is 5.32 Å². The molecule has 1 N–H and O–H groups in total. The number of hydroxylamine groups is 2. The van der Waals surface area contributed by atoms with Crippen LogP contribution in [0.5, 0.6) is 0 Å². The van der Waals surface area contributed by atoms with E-state index in [0.29, 0.717) is 13.0 Å². The summed E-state index contributed by atoms with van der Waals surface area (Å²) >= 11 is 0. The summed E-state index contributed by atoms with van der Waals surface area (Å²) in [4.78, 5) is 31.5. The third kappa shape index (κ3) is 6.05. The smallest absolute Gasteiger partial charge is 0.407 e. The lowest BCUT2D eigenvalue weighted by Gasteiger charge is -2.41. The number of carbonyl (C=O) groups is 2. The Morgan fingerprint density at radius 1 is 1.12 bits per heavy atom. The molecule has 1 heterocycles. The molecule has 1 amide bonds. The van der Waals surface area contributed by atoms with Crippen LogP contribution in [0.3, 0.4) is 0 Å². The Morgan fingerprint density at radius 3 is 2.41 bits per heavy atom. The van der Waals surface area contributed by atoms with Crippen molar-refractivity contribution in [2.45, 2.75) is 77.1 Å². The SMILES string of the molecule is CCCC[C@H](NC(=O)OCC1(Cc2ccccc2)CCC1)C(=O)C1ON1[C@H](C)c1ccccc1. The number of ketones is 1. The fourth-order valence-electron chi connectivity index (χ4n) is 4.78. The summed E-state index contributed by atoms with van der Waals surface area (Å²) in [6.07, 6.45) is 5.38. The second kappa shape index (κ2) is 11.2. The van der Waals surface area contributed by atoms with Gasteiger partial charge in [-0.3, -0.25) is 9.63 Å². The van der Waals surface area contributed by atoms with E-state index < -0.39 is 18.4 Å². The van der Waals surface area contributed by atoms with E-state index in [4.69, 9.17) is 9.57 Å². The molecule has 2 unspecified atom stereocenters. The zero-order chi connectivity index (χ0) is 24.0. The van der Waals surface area contributed by atoms with E-state index in [9.17, 15) is 9.59 Å². The van der Waals surface area contributed by atoms with Gasteiger partial charge >= 0.3 is 6.09 Å². The highest BCUT2D eigenvalue weighted by Gasteiger charge is 2.49. The van der Waals surface area contributed by atoms with Crippen molar-refractivity contribution in [3.05, 3.63) is 71.8 Å². The van der Waals surface area contributed by atoms with Crippen molar-refractivity contribution in [2.24, 2.45) is 5.41 Å². The normalized spacial score (nSPS) is 22.2. The molecule has 1 aliphatic heterocycles. The number of unbranched alkanes of at least 4 members (excludes halogenated alkanes) is 1. The summed E-state index contributed by atoms with van der Waals surface area (Å²) in [5.74, 6) is -0.115. The number of nitrogens with one attached hydrogen (secondary N) is 1. The Morgan fingerprint density at radius 2 is 1.79 bits per heavy atom. The number of carbonyl (C=O) groups excluding carboxylic acids is 2. The predicted molar refractivity (Wildman–Crippen MR) is 131 cm³/mol. The Hall–Kier alpha value is -2.70. The largest absolute Gasteiger partial charge is 0.449 e. The molecular formula is C28H36N2O4. The van der Waals surface area contributed by atoms with Crippen molar-refractivity contribution < 1.29 is 19.2 Å². The molecule has 6 nitrogen and oxygen atoms in total. The number of alkyl carbamates (subject to hydrolysis) is 1. The molecule has 0 spiro atoms. The highest BCUT2D eigenvalue weighted by molar-refractivity contribution is 5.91. The van der Waals surface area contributed by atoms with E-state index in [2.05, 4.69) is 24.4 Å². The first-order valence-corrected chi connectivity index (χ1v) is 12.5. The Kier molecular flexibility index (Phi) is 8.01. The number of benzene rings is 2. The van der Waals surface area contributed by atoms with Crippen molar-refractivity contribution >= 4 is 11.9 Å². The minimum atomic E-state index is -0.631. The molecule has 2 aromatic carbocycles. The van der Waals surface area contributed by atoms with Gasteiger partial charge in [-0.1, -0.05) is 86.8 Å². The second-order valence-electron chi connectivity index (χ2n) is 9.74. The van der Waals surface area contributed by atoms with Gasteiger partial charge in [0, 0.05) is 5.41 Å². The zero-order valence-electron chi connectivity index (χ0n) is 20.2. The average Bonchev–Trinajstić information content (AvgIpc) is 3.64. The van der Waals surface area contributed by atoms with Gasteiger partial charge < -0.3 is 10.1 Å². The number of nitrogens with zero attached hydrogens (tertiary/aromatic N) is 1. The second-order valence-corrected chi connectivity index (χ2v) is 9.74. The third-order valence-corrected chi connectivity index (χ3v) is 7.14. The van der Waals surface area contributed by atoms with Crippen LogP contribution in [0.4, 0.5) is 4.79 Å². The zero-order valence-corrected chi connectivity index (χ0v) is 20.2. The van der Waals surface area contributed by atoms with Gasteiger partial charge in [0.05, 0.1) is 18.7 Å². The molecule has 2 aliphatic rings. The van der Waals surface area contributed by atoms with Gasteiger partial charge in [-0.05, 0) is 43.7 Å². The molecule has 0 bridgehead atoms. The lowest BCUT2D eigenvalue weighted by molar-refractivity contribution is -0.122. The van der Waals surface area contributed by atoms with Gasteiger partial charge in [0.1, 0.15) is 0 Å². The molecule has 2 aromatic rings. The minimum Gasteiger partial charge on any atom is -0.449 e. The van der Waals surface area contributed by atoms with Crippen LogP contribution >= 0.6 is 0 Å². The average molecular weight is 465 g/mol. The number of amides is 1. The fourth-order valence-corrected chi connectivity index (χ4v) is 4.78. The molecule has 34 heavy (non-hydrogen) atoms. The molecule has 182 valence electrons. The molecule has 1 saturated heterocycles. The monoisotopic (exact) mass is 464 g/mol. The lowest BCUT2D eigenvalue weighted by Crippen LogP contribution is -2.45. The van der Waals surface area contributed by atoms with E-state index in [0.717, 1.165) is 44.1 Å². The maximum Gasteiger partial charge on any atom is 0.407 e. The number of Topliss-reactive ketones (excluding diaryl/α,β-unsaturated/α-hetero) is 1. The molecule has 2 fully saturated rings. The van der Waals surface area contributed by atoms with E-state index >= 15 is 0 Å². The van der Waals surface area contributed by atoms with Crippen LogP contribution in [0.25, 0.3) is 0 Å². The Bertz CT molecular complexity index is 945. The molecule has 4 atom stereocenters. The van der Waals surface area contributed by atoms with Crippen LogP contribution in [0, 0.1) is 5.41 Å². The first-order chi connectivity index (χ1) is 16.5. The molecule has 1 saturated carbocycles. The minimum absolute atomic E-state index is 0.00311. The summed E-state index contributed by atoms with van der Waals surface area (Å²) in [6.45, 7) is 4.46. The molecule has 1 aliphatic carbocycles. The van der Waals surface area contributed by atoms with Crippen molar-refractivity contribution in [3.63, 3.8) is 0 Å². The van der Waals surface area contributed by atoms with Gasteiger partial charge in [-0.25, -0.2) is 4.79 Å². The highest BCUT2D eigenvalue weighted by atomic mass is 16.8. The molecule has 0 aromatic heterocycles. The number of hydrogen-bond donors (Lipinski definition) is 1. The van der Waals surface area contributed by atoms with Gasteiger partial charge in [0.2, 0.25) is 12.0 Å². The number of ether oxygens (including phenoxy) is 1. The third-order valence-electron chi connectivity index (χ3n) is 7.14. The van der Waals surface area contributed by atoms with Gasteiger partial charge in [-0.15, -0.1) is 5.06 Å². The number of rotatable bonds is 12. The van der Waals surface area contributed by atoms with Crippen LogP contribution in [0.1, 0.15) is 69.5 Å². The quantitative estimate of drug-likeness (QED) is 0.415. The first-order valence-electron chi connectivity index (χ1n) is 12.5. The van der Waals surface area contributed by atoms with Crippen LogP contribution in [-0.2, 0) is 20.8 Å². The molecule has 0 radical (unpaired) electrons. The lowest BCUT2D eigenvalue weighted by atomic mass is 9.66. The standard InChI is InChI=1S/C28H36N2O4/c1-3-4-16-24(25(31)26-30(34-26)21(2)23-14-9-6-10-15-23)29-27(32)33-20-28(17-11-18-28)19-22-12-7-5-8-13-22/h5-10,12-15,21,24,26H,3-4,11,16-20H2,1-2H3,(H,29,32)/t21-,24+,26?,30?/m1/s1. The van der Waals surface area contributed by atoms with Crippen LogP contribution in [0.2, 0.25) is 0 Å². The van der Waals surface area contributed by atoms with E-state index in [-0.39, 0.29) is 17.2 Å². The van der Waals surface area contributed by atoms with Crippen LogP contribution in [-0.4, -0.2) is 35.8 Å². The molecule has 4 rings (SSSR count). The van der Waals surface area contributed by atoms with Crippen molar-refractivity contribution in [1.82, 2.24) is 10.4 Å². The van der Waals surface area contributed by atoms with Crippen molar-refractivity contribution in [1.29, 1.82) is 0 Å². The maximum absolute atomic E-state index is 13.2. The Labute approximate surface area is 202 Å². The van der Waals surface area contributed by atoms with Crippen LogP contribution in [0.15, 0.2) is 60.7 Å². The predicted octanol–water partition coefficient (Wildman–Crippen LogP) is 5.59.